The first-order chi connectivity index (χ1) is 13.7. The van der Waals surface area contributed by atoms with Crippen LogP contribution in [-0.2, 0) is 4.74 Å². The molecule has 0 aromatic heterocycles. The van der Waals surface area contributed by atoms with Gasteiger partial charge in [-0.15, -0.1) is 0 Å². The molecule has 0 saturated carbocycles. The lowest BCUT2D eigenvalue weighted by atomic mass is 9.88. The maximum absolute atomic E-state index is 12.9. The van der Waals surface area contributed by atoms with Crippen molar-refractivity contribution in [3.8, 4) is 0 Å². The van der Waals surface area contributed by atoms with Crippen LogP contribution in [0.3, 0.4) is 0 Å². The smallest absolute Gasteiger partial charge is 0.412 e. The third kappa shape index (κ3) is 5.83. The van der Waals surface area contributed by atoms with Crippen LogP contribution in [-0.4, -0.2) is 35.6 Å². The van der Waals surface area contributed by atoms with Gasteiger partial charge in [0.15, 0.2) is 0 Å². The minimum Gasteiger partial charge on any atom is -0.444 e. The molecule has 5 heteroatoms. The molecule has 154 valence electrons. The van der Waals surface area contributed by atoms with Gasteiger partial charge in [0.1, 0.15) is 5.60 Å². The molecule has 0 bridgehead atoms. The lowest BCUT2D eigenvalue weighted by Gasteiger charge is -2.32. The Morgan fingerprint density at radius 2 is 1.72 bits per heavy atom. The second-order valence-corrected chi connectivity index (χ2v) is 8.69. The number of amides is 2. The van der Waals surface area contributed by atoms with E-state index in [1.54, 1.807) is 24.3 Å². The molecule has 0 radical (unpaired) electrons. The number of ether oxygens (including phenoxy) is 1. The second kappa shape index (κ2) is 8.68. The maximum atomic E-state index is 12.9. The number of likely N-dealkylation sites (tertiary alicyclic amines) is 1. The number of nitrogens with zero attached hydrogens (tertiary/aromatic N) is 1. The Morgan fingerprint density at radius 3 is 2.38 bits per heavy atom. The van der Waals surface area contributed by atoms with Crippen LogP contribution < -0.4 is 5.32 Å². The summed E-state index contributed by atoms with van der Waals surface area (Å²) in [6.07, 6.45) is 1.40. The Bertz CT molecular complexity index is 878. The zero-order valence-corrected chi connectivity index (χ0v) is 17.7. The summed E-state index contributed by atoms with van der Waals surface area (Å²) in [5, 5.41) is 2.70. The van der Waals surface area contributed by atoms with Crippen molar-refractivity contribution in [2.45, 2.75) is 52.1 Å². The van der Waals surface area contributed by atoms with Gasteiger partial charge in [-0.05, 0) is 70.2 Å². The average Bonchev–Trinajstić information content (AvgIpc) is 2.66. The normalized spacial score (nSPS) is 15.1. The molecule has 29 heavy (non-hydrogen) atoms. The predicted octanol–water partition coefficient (Wildman–Crippen LogP) is 5.36. The van der Waals surface area contributed by atoms with Gasteiger partial charge >= 0.3 is 6.09 Å². The largest absolute Gasteiger partial charge is 0.444 e. The van der Waals surface area contributed by atoms with E-state index in [4.69, 9.17) is 4.74 Å². The highest BCUT2D eigenvalue weighted by molar-refractivity contribution is 5.96. The van der Waals surface area contributed by atoms with Crippen LogP contribution in [0.5, 0.6) is 0 Å². The molecule has 1 aliphatic rings. The van der Waals surface area contributed by atoms with Crippen molar-refractivity contribution in [2.75, 3.05) is 18.4 Å². The van der Waals surface area contributed by atoms with Gasteiger partial charge in [0.05, 0.1) is 0 Å². The number of rotatable bonds is 3. The van der Waals surface area contributed by atoms with Gasteiger partial charge in [-0.2, -0.15) is 0 Å². The Labute approximate surface area is 173 Å². The quantitative estimate of drug-likeness (QED) is 0.762. The van der Waals surface area contributed by atoms with Crippen LogP contribution in [0.4, 0.5) is 10.5 Å². The Balaban J connectivity index is 1.60. The monoisotopic (exact) mass is 394 g/mol. The van der Waals surface area contributed by atoms with Crippen LogP contribution >= 0.6 is 0 Å². The molecule has 2 aromatic carbocycles. The number of hydrogen-bond donors (Lipinski definition) is 1. The summed E-state index contributed by atoms with van der Waals surface area (Å²) >= 11 is 0. The number of hydrogen-bond acceptors (Lipinski definition) is 3. The van der Waals surface area contributed by atoms with E-state index in [1.807, 2.05) is 25.7 Å². The number of anilines is 1. The lowest BCUT2D eigenvalue weighted by molar-refractivity contribution is 0.0634. The lowest BCUT2D eigenvalue weighted by Crippen LogP contribution is -2.38. The molecule has 2 amide bonds. The van der Waals surface area contributed by atoms with Crippen LogP contribution in [0.2, 0.25) is 0 Å². The summed E-state index contributed by atoms with van der Waals surface area (Å²) in [6, 6.07) is 15.7. The van der Waals surface area contributed by atoms with Gasteiger partial charge in [-0.3, -0.25) is 10.1 Å². The summed E-state index contributed by atoms with van der Waals surface area (Å²) < 4.78 is 5.28. The predicted molar refractivity (Wildman–Crippen MR) is 115 cm³/mol. The first-order valence-corrected chi connectivity index (χ1v) is 10.2. The van der Waals surface area contributed by atoms with Gasteiger partial charge < -0.3 is 9.64 Å². The molecule has 1 aliphatic heterocycles. The van der Waals surface area contributed by atoms with Gasteiger partial charge in [-0.1, -0.05) is 35.9 Å². The van der Waals surface area contributed by atoms with E-state index < -0.39 is 11.7 Å². The highest BCUT2D eigenvalue weighted by Gasteiger charge is 2.25. The van der Waals surface area contributed by atoms with Gasteiger partial charge in [0.25, 0.3) is 5.91 Å². The molecule has 1 heterocycles. The zero-order valence-electron chi connectivity index (χ0n) is 17.7. The first-order valence-electron chi connectivity index (χ1n) is 10.2. The Hall–Kier alpha value is -2.82. The fourth-order valence-corrected chi connectivity index (χ4v) is 3.67. The SMILES string of the molecule is Cc1cccc(C2CCN(C(=O)c3cccc(NC(=O)OC(C)(C)C)c3)CC2)c1. The molecule has 1 saturated heterocycles. The Kier molecular flexibility index (Phi) is 6.26. The number of carbonyl (C=O) groups is 2. The van der Waals surface area contributed by atoms with Crippen LogP contribution in [0.1, 0.15) is 61.0 Å². The fraction of sp³-hybridized carbons (Fsp3) is 0.417. The topological polar surface area (TPSA) is 58.6 Å². The molecular formula is C24H30N2O3. The van der Waals surface area contributed by atoms with Crippen LogP contribution in [0.15, 0.2) is 48.5 Å². The van der Waals surface area contributed by atoms with E-state index in [0.29, 0.717) is 17.2 Å². The number of aryl methyl sites for hydroxylation is 1. The molecule has 3 rings (SSSR count). The van der Waals surface area contributed by atoms with E-state index in [2.05, 4.69) is 36.5 Å². The highest BCUT2D eigenvalue weighted by Crippen LogP contribution is 2.29. The van der Waals surface area contributed by atoms with Crippen LogP contribution in [0, 0.1) is 6.92 Å². The van der Waals surface area contributed by atoms with Crippen molar-refractivity contribution < 1.29 is 14.3 Å². The number of nitrogens with one attached hydrogen (secondary N) is 1. The average molecular weight is 395 g/mol. The third-order valence-corrected chi connectivity index (χ3v) is 5.05. The van der Waals surface area contributed by atoms with E-state index in [1.165, 1.54) is 11.1 Å². The van der Waals surface area contributed by atoms with Gasteiger partial charge in [-0.25, -0.2) is 4.79 Å². The number of carbonyl (C=O) groups excluding carboxylic acids is 2. The summed E-state index contributed by atoms with van der Waals surface area (Å²) in [5.41, 5.74) is 3.20. The molecule has 0 unspecified atom stereocenters. The molecule has 5 nitrogen and oxygen atoms in total. The van der Waals surface area contributed by atoms with Crippen molar-refractivity contribution in [3.63, 3.8) is 0 Å². The van der Waals surface area contributed by atoms with Crippen molar-refractivity contribution in [1.29, 1.82) is 0 Å². The molecule has 0 atom stereocenters. The van der Waals surface area contributed by atoms with Gasteiger partial charge in [0, 0.05) is 24.3 Å². The fourth-order valence-electron chi connectivity index (χ4n) is 3.67. The van der Waals surface area contributed by atoms with Gasteiger partial charge in [0.2, 0.25) is 0 Å². The third-order valence-electron chi connectivity index (χ3n) is 5.05. The van der Waals surface area contributed by atoms with Crippen molar-refractivity contribution in [2.24, 2.45) is 0 Å². The molecule has 0 aliphatic carbocycles. The summed E-state index contributed by atoms with van der Waals surface area (Å²) in [6.45, 7) is 9.02. The summed E-state index contributed by atoms with van der Waals surface area (Å²) in [4.78, 5) is 26.8. The molecule has 0 spiro atoms. The molecule has 1 N–H and O–H groups in total. The molecule has 1 fully saturated rings. The highest BCUT2D eigenvalue weighted by atomic mass is 16.6. The van der Waals surface area contributed by atoms with E-state index >= 15 is 0 Å². The minimum atomic E-state index is -0.570. The molecular weight excluding hydrogens is 364 g/mol. The second-order valence-electron chi connectivity index (χ2n) is 8.69. The Morgan fingerprint density at radius 1 is 1.03 bits per heavy atom. The minimum absolute atomic E-state index is 0.000492. The maximum Gasteiger partial charge on any atom is 0.412 e. The molecule has 2 aromatic rings. The van der Waals surface area contributed by atoms with Crippen molar-refractivity contribution >= 4 is 17.7 Å². The first kappa shape index (κ1) is 20.9. The summed E-state index contributed by atoms with van der Waals surface area (Å²) in [5.74, 6) is 0.500. The number of piperidine rings is 1. The van der Waals surface area contributed by atoms with Crippen molar-refractivity contribution in [3.05, 3.63) is 65.2 Å². The van der Waals surface area contributed by atoms with E-state index in [9.17, 15) is 9.59 Å². The van der Waals surface area contributed by atoms with E-state index in [-0.39, 0.29) is 5.91 Å². The van der Waals surface area contributed by atoms with Crippen LogP contribution in [0.25, 0.3) is 0 Å². The zero-order chi connectivity index (χ0) is 21.0. The van der Waals surface area contributed by atoms with Crippen molar-refractivity contribution in [1.82, 2.24) is 4.90 Å². The standard InChI is InChI=1S/C24H30N2O3/c1-17-7-5-8-19(15-17)18-11-13-26(14-12-18)22(27)20-9-6-10-21(16-20)25-23(28)29-24(2,3)4/h5-10,15-16,18H,11-14H2,1-4H3,(H,25,28). The summed E-state index contributed by atoms with van der Waals surface area (Å²) in [7, 11) is 0. The van der Waals surface area contributed by atoms with E-state index in [0.717, 1.165) is 25.9 Å². The number of benzene rings is 2.